The zero-order chi connectivity index (χ0) is 25.1. The number of hydrogen-bond donors (Lipinski definition) is 0. The molecule has 7 aromatic carbocycles. The first kappa shape index (κ1) is 21.1. The predicted molar refractivity (Wildman–Crippen MR) is 163 cm³/mol. The molecular formula is C37H23N. The standard InChI is InChI=1S/C37H23N/c1-2-8-32-25(6-1)13-18-30-22-35(33-9-3-4-10-34(33)37(30)32)29-17-12-24-11-15-27(20-31(24)21-29)28-16-14-26-7-5-19-38-36(26)23-28/h1-23H. The molecule has 0 aliphatic heterocycles. The number of hydrogen-bond acceptors (Lipinski definition) is 1. The smallest absolute Gasteiger partial charge is 0.0708 e. The van der Waals surface area contributed by atoms with Crippen molar-refractivity contribution in [2.45, 2.75) is 0 Å². The van der Waals surface area contributed by atoms with Crippen LogP contribution in [0.15, 0.2) is 140 Å². The Bertz CT molecular complexity index is 2190. The van der Waals surface area contributed by atoms with E-state index in [0.717, 1.165) is 10.9 Å². The Balaban J connectivity index is 1.34. The number of fused-ring (bicyclic) bond motifs is 7. The molecule has 0 aliphatic rings. The second-order valence-corrected chi connectivity index (χ2v) is 10.0. The fourth-order valence-corrected chi connectivity index (χ4v) is 5.96. The van der Waals surface area contributed by atoms with Crippen molar-refractivity contribution in [3.63, 3.8) is 0 Å². The minimum Gasteiger partial charge on any atom is -0.256 e. The molecule has 1 heterocycles. The first-order valence-corrected chi connectivity index (χ1v) is 13.0. The molecule has 0 N–H and O–H groups in total. The predicted octanol–water partition coefficient (Wildman–Crippen LogP) is 10.2. The highest BCUT2D eigenvalue weighted by atomic mass is 14.6. The lowest BCUT2D eigenvalue weighted by atomic mass is 9.90. The quantitative estimate of drug-likeness (QED) is 0.224. The lowest BCUT2D eigenvalue weighted by Gasteiger charge is -2.14. The Kier molecular flexibility index (Phi) is 4.59. The van der Waals surface area contributed by atoms with Crippen molar-refractivity contribution >= 4 is 54.0 Å². The molecule has 176 valence electrons. The Hall–Kier alpha value is -5.01. The van der Waals surface area contributed by atoms with Gasteiger partial charge in [-0.1, -0.05) is 103 Å². The van der Waals surface area contributed by atoms with Crippen LogP contribution in [0.3, 0.4) is 0 Å². The molecule has 0 saturated carbocycles. The van der Waals surface area contributed by atoms with E-state index in [1.54, 1.807) is 0 Å². The van der Waals surface area contributed by atoms with Gasteiger partial charge >= 0.3 is 0 Å². The van der Waals surface area contributed by atoms with Gasteiger partial charge in [-0.25, -0.2) is 0 Å². The number of aromatic nitrogens is 1. The van der Waals surface area contributed by atoms with Gasteiger partial charge in [0.1, 0.15) is 0 Å². The van der Waals surface area contributed by atoms with Crippen molar-refractivity contribution in [2.75, 3.05) is 0 Å². The molecular weight excluding hydrogens is 458 g/mol. The van der Waals surface area contributed by atoms with Gasteiger partial charge in [0.2, 0.25) is 0 Å². The van der Waals surface area contributed by atoms with E-state index in [9.17, 15) is 0 Å². The minimum absolute atomic E-state index is 1.02. The van der Waals surface area contributed by atoms with Crippen LogP contribution in [-0.2, 0) is 0 Å². The number of nitrogens with zero attached hydrogens (tertiary/aromatic N) is 1. The molecule has 1 nitrogen and oxygen atoms in total. The van der Waals surface area contributed by atoms with Crippen LogP contribution in [0.2, 0.25) is 0 Å². The molecule has 0 amide bonds. The maximum absolute atomic E-state index is 4.56. The molecule has 1 heteroatoms. The fourth-order valence-electron chi connectivity index (χ4n) is 5.96. The van der Waals surface area contributed by atoms with Crippen molar-refractivity contribution < 1.29 is 0 Å². The van der Waals surface area contributed by atoms with Crippen molar-refractivity contribution in [3.05, 3.63) is 140 Å². The van der Waals surface area contributed by atoms with Gasteiger partial charge in [-0.15, -0.1) is 0 Å². The third-order valence-corrected chi connectivity index (χ3v) is 7.84. The van der Waals surface area contributed by atoms with Crippen LogP contribution >= 0.6 is 0 Å². The molecule has 8 rings (SSSR count). The fraction of sp³-hybridized carbons (Fsp3) is 0. The van der Waals surface area contributed by atoms with Gasteiger partial charge in [-0.3, -0.25) is 4.98 Å². The van der Waals surface area contributed by atoms with Crippen LogP contribution < -0.4 is 0 Å². The second-order valence-electron chi connectivity index (χ2n) is 10.0. The van der Waals surface area contributed by atoms with E-state index in [4.69, 9.17) is 0 Å². The monoisotopic (exact) mass is 481 g/mol. The molecule has 0 saturated heterocycles. The molecule has 0 spiro atoms. The van der Waals surface area contributed by atoms with Crippen LogP contribution in [0, 0.1) is 0 Å². The molecule has 0 unspecified atom stereocenters. The maximum Gasteiger partial charge on any atom is 0.0708 e. The van der Waals surface area contributed by atoms with Gasteiger partial charge in [-0.2, -0.15) is 0 Å². The van der Waals surface area contributed by atoms with Gasteiger partial charge in [0.15, 0.2) is 0 Å². The van der Waals surface area contributed by atoms with Crippen molar-refractivity contribution in [1.29, 1.82) is 0 Å². The lowest BCUT2D eigenvalue weighted by molar-refractivity contribution is 1.41. The van der Waals surface area contributed by atoms with E-state index < -0.39 is 0 Å². The van der Waals surface area contributed by atoms with Gasteiger partial charge in [0, 0.05) is 11.6 Å². The zero-order valence-corrected chi connectivity index (χ0v) is 20.7. The van der Waals surface area contributed by atoms with E-state index in [-0.39, 0.29) is 0 Å². The molecule has 0 fully saturated rings. The zero-order valence-electron chi connectivity index (χ0n) is 20.7. The molecule has 8 aromatic rings. The number of pyridine rings is 1. The van der Waals surface area contributed by atoms with E-state index in [2.05, 4.69) is 132 Å². The number of rotatable bonds is 2. The van der Waals surface area contributed by atoms with Gasteiger partial charge in [-0.05, 0) is 95.7 Å². The normalized spacial score (nSPS) is 11.7. The van der Waals surface area contributed by atoms with E-state index in [1.165, 1.54) is 65.3 Å². The third-order valence-electron chi connectivity index (χ3n) is 7.84. The topological polar surface area (TPSA) is 12.9 Å². The lowest BCUT2D eigenvalue weighted by Crippen LogP contribution is -1.87. The maximum atomic E-state index is 4.56. The Morgan fingerprint density at radius 3 is 1.89 bits per heavy atom. The highest BCUT2D eigenvalue weighted by Gasteiger charge is 2.12. The summed E-state index contributed by atoms with van der Waals surface area (Å²) in [7, 11) is 0. The summed E-state index contributed by atoms with van der Waals surface area (Å²) in [6.07, 6.45) is 1.86. The summed E-state index contributed by atoms with van der Waals surface area (Å²) < 4.78 is 0. The molecule has 0 bridgehead atoms. The second kappa shape index (κ2) is 8.26. The van der Waals surface area contributed by atoms with Crippen LogP contribution in [0.4, 0.5) is 0 Å². The highest BCUT2D eigenvalue weighted by molar-refractivity contribution is 6.23. The molecule has 0 aliphatic carbocycles. The summed E-state index contributed by atoms with van der Waals surface area (Å²) in [5.74, 6) is 0. The third kappa shape index (κ3) is 3.29. The Labute approximate surface area is 220 Å². The van der Waals surface area contributed by atoms with Gasteiger partial charge in [0.05, 0.1) is 5.52 Å². The molecule has 38 heavy (non-hydrogen) atoms. The summed E-state index contributed by atoms with van der Waals surface area (Å²) in [4.78, 5) is 4.56. The van der Waals surface area contributed by atoms with Crippen molar-refractivity contribution in [2.24, 2.45) is 0 Å². The van der Waals surface area contributed by atoms with Crippen LogP contribution in [0.25, 0.3) is 76.2 Å². The van der Waals surface area contributed by atoms with E-state index in [1.807, 2.05) is 12.3 Å². The van der Waals surface area contributed by atoms with E-state index in [0.29, 0.717) is 0 Å². The van der Waals surface area contributed by atoms with Crippen LogP contribution in [0.1, 0.15) is 0 Å². The van der Waals surface area contributed by atoms with E-state index >= 15 is 0 Å². The first-order valence-electron chi connectivity index (χ1n) is 13.0. The highest BCUT2D eigenvalue weighted by Crippen LogP contribution is 2.39. The number of benzene rings is 7. The van der Waals surface area contributed by atoms with Crippen LogP contribution in [-0.4, -0.2) is 4.98 Å². The molecule has 1 aromatic heterocycles. The van der Waals surface area contributed by atoms with Crippen molar-refractivity contribution in [3.8, 4) is 22.3 Å². The van der Waals surface area contributed by atoms with Crippen LogP contribution in [0.5, 0.6) is 0 Å². The van der Waals surface area contributed by atoms with Gasteiger partial charge in [0.25, 0.3) is 0 Å². The Morgan fingerprint density at radius 2 is 1.00 bits per heavy atom. The average Bonchev–Trinajstić information content (AvgIpc) is 2.99. The summed E-state index contributed by atoms with van der Waals surface area (Å²) in [6.45, 7) is 0. The first-order chi connectivity index (χ1) is 18.8. The minimum atomic E-state index is 1.02. The largest absolute Gasteiger partial charge is 0.256 e. The molecule has 0 atom stereocenters. The summed E-state index contributed by atoms with van der Waals surface area (Å²) in [6, 6.07) is 48.6. The summed E-state index contributed by atoms with van der Waals surface area (Å²) in [5, 5.41) is 11.4. The summed E-state index contributed by atoms with van der Waals surface area (Å²) in [5.41, 5.74) is 5.92. The summed E-state index contributed by atoms with van der Waals surface area (Å²) >= 11 is 0. The SMILES string of the molecule is c1cnc2cc(-c3ccc4ccc(-c5cc6ccc7ccccc7c6c6ccccc56)cc4c3)ccc2c1. The molecule has 0 radical (unpaired) electrons. The van der Waals surface area contributed by atoms with Crippen molar-refractivity contribution in [1.82, 2.24) is 4.98 Å². The van der Waals surface area contributed by atoms with Gasteiger partial charge < -0.3 is 0 Å². The Morgan fingerprint density at radius 1 is 0.368 bits per heavy atom. The average molecular weight is 482 g/mol.